The van der Waals surface area contributed by atoms with E-state index in [2.05, 4.69) is 10.3 Å². The molecular weight excluding hydrogens is 213 g/mol. The third kappa shape index (κ3) is 2.59. The molecule has 0 unspecified atom stereocenters. The maximum atomic E-state index is 11.2. The van der Waals surface area contributed by atoms with Gasteiger partial charge >= 0.3 is 0 Å². The van der Waals surface area contributed by atoms with Crippen LogP contribution in [0.1, 0.15) is 10.4 Å². The molecular formula is C8H7Cl2NO2. The molecule has 0 spiro atoms. The first-order valence-corrected chi connectivity index (χ1v) is 4.19. The van der Waals surface area contributed by atoms with Gasteiger partial charge < -0.3 is 0 Å². The Kier molecular flexibility index (Phi) is 3.54. The molecule has 1 N–H and O–H groups in total. The van der Waals surface area contributed by atoms with Crippen LogP contribution in [-0.4, -0.2) is 13.0 Å². The van der Waals surface area contributed by atoms with E-state index >= 15 is 0 Å². The minimum atomic E-state index is -0.360. The molecule has 0 aliphatic rings. The molecule has 0 saturated carbocycles. The van der Waals surface area contributed by atoms with E-state index in [0.717, 1.165) is 0 Å². The number of hydrogen-bond donors (Lipinski definition) is 1. The van der Waals surface area contributed by atoms with Gasteiger partial charge in [-0.05, 0) is 18.2 Å². The first-order valence-electron chi connectivity index (χ1n) is 3.43. The van der Waals surface area contributed by atoms with Crippen molar-refractivity contribution >= 4 is 29.1 Å². The minimum absolute atomic E-state index is 0.338. The average molecular weight is 220 g/mol. The Balaban J connectivity index is 2.90. The van der Waals surface area contributed by atoms with Crippen molar-refractivity contribution in [2.24, 2.45) is 0 Å². The molecule has 1 aromatic carbocycles. The number of carbonyl (C=O) groups excluding carboxylic acids is 1. The zero-order chi connectivity index (χ0) is 9.84. The standard InChI is InChI=1S/C8H7Cl2NO2/c1-13-11-8(12)5-2-3-6(9)7(10)4-5/h2-4H,1H3,(H,11,12). The van der Waals surface area contributed by atoms with Crippen LogP contribution in [0.25, 0.3) is 0 Å². The summed E-state index contributed by atoms with van der Waals surface area (Å²) in [6.07, 6.45) is 0. The molecule has 0 saturated heterocycles. The van der Waals surface area contributed by atoms with Gasteiger partial charge in [-0.15, -0.1) is 0 Å². The molecule has 5 heteroatoms. The second-order valence-corrected chi connectivity index (χ2v) is 3.08. The second-order valence-electron chi connectivity index (χ2n) is 2.26. The molecule has 1 aromatic rings. The van der Waals surface area contributed by atoms with Gasteiger partial charge in [-0.25, -0.2) is 5.48 Å². The van der Waals surface area contributed by atoms with E-state index in [0.29, 0.717) is 15.6 Å². The molecule has 0 heterocycles. The van der Waals surface area contributed by atoms with E-state index in [1.54, 1.807) is 12.1 Å². The predicted octanol–water partition coefficient (Wildman–Crippen LogP) is 2.28. The molecule has 3 nitrogen and oxygen atoms in total. The number of rotatable bonds is 2. The van der Waals surface area contributed by atoms with Crippen LogP contribution in [-0.2, 0) is 4.84 Å². The lowest BCUT2D eigenvalue weighted by Crippen LogP contribution is -2.21. The summed E-state index contributed by atoms with van der Waals surface area (Å²) in [5, 5.41) is 0.751. The van der Waals surface area contributed by atoms with Crippen LogP contribution >= 0.6 is 23.2 Å². The molecule has 1 amide bonds. The van der Waals surface area contributed by atoms with Crippen molar-refractivity contribution in [3.8, 4) is 0 Å². The number of hydroxylamine groups is 1. The number of halogens is 2. The van der Waals surface area contributed by atoms with E-state index < -0.39 is 0 Å². The third-order valence-electron chi connectivity index (χ3n) is 1.38. The number of nitrogens with one attached hydrogen (secondary N) is 1. The van der Waals surface area contributed by atoms with Gasteiger partial charge in [-0.2, -0.15) is 0 Å². The zero-order valence-electron chi connectivity index (χ0n) is 6.80. The maximum absolute atomic E-state index is 11.2. The molecule has 0 aliphatic heterocycles. The minimum Gasteiger partial charge on any atom is -0.277 e. The molecule has 0 bridgehead atoms. The molecule has 0 radical (unpaired) electrons. The fourth-order valence-corrected chi connectivity index (χ4v) is 1.09. The Bertz CT molecular complexity index is 328. The summed E-state index contributed by atoms with van der Waals surface area (Å²) >= 11 is 11.4. The van der Waals surface area contributed by atoms with Crippen LogP contribution in [0.2, 0.25) is 10.0 Å². The van der Waals surface area contributed by atoms with Crippen molar-refractivity contribution in [2.45, 2.75) is 0 Å². The number of amides is 1. The van der Waals surface area contributed by atoms with Crippen molar-refractivity contribution in [3.05, 3.63) is 33.8 Å². The van der Waals surface area contributed by atoms with Crippen molar-refractivity contribution in [1.82, 2.24) is 5.48 Å². The van der Waals surface area contributed by atoms with Gasteiger partial charge in [0.05, 0.1) is 17.2 Å². The highest BCUT2D eigenvalue weighted by molar-refractivity contribution is 6.42. The average Bonchev–Trinajstić information content (AvgIpc) is 2.10. The van der Waals surface area contributed by atoms with Crippen molar-refractivity contribution in [3.63, 3.8) is 0 Å². The van der Waals surface area contributed by atoms with Gasteiger partial charge in [-0.3, -0.25) is 9.63 Å². The van der Waals surface area contributed by atoms with Crippen molar-refractivity contribution in [2.75, 3.05) is 7.11 Å². The first-order chi connectivity index (χ1) is 6.15. The Morgan fingerprint density at radius 3 is 2.62 bits per heavy atom. The summed E-state index contributed by atoms with van der Waals surface area (Å²) in [7, 11) is 1.36. The summed E-state index contributed by atoms with van der Waals surface area (Å²) in [6.45, 7) is 0. The van der Waals surface area contributed by atoms with E-state index in [4.69, 9.17) is 23.2 Å². The Hall–Kier alpha value is -0.770. The van der Waals surface area contributed by atoms with Gasteiger partial charge in [0.1, 0.15) is 0 Å². The van der Waals surface area contributed by atoms with Crippen molar-refractivity contribution in [1.29, 1.82) is 0 Å². The highest BCUT2D eigenvalue weighted by Crippen LogP contribution is 2.22. The van der Waals surface area contributed by atoms with Gasteiger partial charge in [0, 0.05) is 5.56 Å². The second kappa shape index (κ2) is 4.46. The quantitative estimate of drug-likeness (QED) is 0.776. The molecule has 0 atom stereocenters. The monoisotopic (exact) mass is 219 g/mol. The lowest BCUT2D eigenvalue weighted by Gasteiger charge is -2.02. The highest BCUT2D eigenvalue weighted by atomic mass is 35.5. The van der Waals surface area contributed by atoms with E-state index in [1.165, 1.54) is 13.2 Å². The lowest BCUT2D eigenvalue weighted by molar-refractivity contribution is 0.0537. The molecule has 1 rings (SSSR count). The summed E-state index contributed by atoms with van der Waals surface area (Å²) < 4.78 is 0. The van der Waals surface area contributed by atoms with Gasteiger partial charge in [-0.1, -0.05) is 23.2 Å². The summed E-state index contributed by atoms with van der Waals surface area (Å²) in [6, 6.07) is 4.58. The summed E-state index contributed by atoms with van der Waals surface area (Å²) in [5.74, 6) is -0.360. The normalized spacial score (nSPS) is 9.77. The fourth-order valence-electron chi connectivity index (χ4n) is 0.789. The molecule has 0 aromatic heterocycles. The number of carbonyl (C=O) groups is 1. The zero-order valence-corrected chi connectivity index (χ0v) is 8.32. The Morgan fingerprint density at radius 1 is 1.38 bits per heavy atom. The van der Waals surface area contributed by atoms with E-state index in [9.17, 15) is 4.79 Å². The number of benzene rings is 1. The SMILES string of the molecule is CONC(=O)c1ccc(Cl)c(Cl)c1. The molecule has 13 heavy (non-hydrogen) atoms. The van der Waals surface area contributed by atoms with Gasteiger partial charge in [0.25, 0.3) is 5.91 Å². The van der Waals surface area contributed by atoms with Crippen LogP contribution in [0, 0.1) is 0 Å². The predicted molar refractivity (Wildman–Crippen MR) is 50.9 cm³/mol. The largest absolute Gasteiger partial charge is 0.277 e. The molecule has 0 fully saturated rings. The van der Waals surface area contributed by atoms with E-state index in [-0.39, 0.29) is 5.91 Å². The Labute approximate surface area is 85.5 Å². The molecule has 70 valence electrons. The van der Waals surface area contributed by atoms with E-state index in [1.807, 2.05) is 0 Å². The smallest absolute Gasteiger partial charge is 0.274 e. The molecule has 0 aliphatic carbocycles. The van der Waals surface area contributed by atoms with Gasteiger partial charge in [0.2, 0.25) is 0 Å². The van der Waals surface area contributed by atoms with Crippen molar-refractivity contribution < 1.29 is 9.63 Å². The first kappa shape index (κ1) is 10.3. The maximum Gasteiger partial charge on any atom is 0.274 e. The number of hydrogen-bond acceptors (Lipinski definition) is 2. The summed E-state index contributed by atoms with van der Waals surface area (Å²) in [4.78, 5) is 15.6. The van der Waals surface area contributed by atoms with Crippen LogP contribution in [0.4, 0.5) is 0 Å². The van der Waals surface area contributed by atoms with Crippen LogP contribution in [0.3, 0.4) is 0 Å². The lowest BCUT2D eigenvalue weighted by atomic mass is 10.2. The summed E-state index contributed by atoms with van der Waals surface area (Å²) in [5.41, 5.74) is 2.57. The fraction of sp³-hybridized carbons (Fsp3) is 0.125. The van der Waals surface area contributed by atoms with Crippen LogP contribution in [0.15, 0.2) is 18.2 Å². The Morgan fingerprint density at radius 2 is 2.08 bits per heavy atom. The van der Waals surface area contributed by atoms with Crippen LogP contribution < -0.4 is 5.48 Å². The topological polar surface area (TPSA) is 38.3 Å². The highest BCUT2D eigenvalue weighted by Gasteiger charge is 2.06. The van der Waals surface area contributed by atoms with Crippen LogP contribution in [0.5, 0.6) is 0 Å². The third-order valence-corrected chi connectivity index (χ3v) is 2.12. The van der Waals surface area contributed by atoms with Gasteiger partial charge in [0.15, 0.2) is 0 Å².